The Morgan fingerprint density at radius 1 is 1.42 bits per heavy atom. The number of rotatable bonds is 5. The van der Waals surface area contributed by atoms with Crippen LogP contribution >= 0.6 is 0 Å². The van der Waals surface area contributed by atoms with Gasteiger partial charge >= 0.3 is 0 Å². The molecule has 0 aromatic carbocycles. The molecule has 0 aromatic rings. The second-order valence-electron chi connectivity index (χ2n) is 5.53. The molecule has 3 unspecified atom stereocenters. The van der Waals surface area contributed by atoms with Gasteiger partial charge in [-0.15, -0.1) is 0 Å². The maximum absolute atomic E-state index is 12.3. The predicted octanol–water partition coefficient (Wildman–Crippen LogP) is 0.910. The van der Waals surface area contributed by atoms with Crippen molar-refractivity contribution >= 4 is 5.91 Å². The molecule has 2 N–H and O–H groups in total. The van der Waals surface area contributed by atoms with E-state index in [2.05, 4.69) is 0 Å². The number of nitrogens with two attached hydrogens (primary N) is 1. The van der Waals surface area contributed by atoms with E-state index in [1.165, 1.54) is 6.42 Å². The Morgan fingerprint density at radius 3 is 2.95 bits per heavy atom. The quantitative estimate of drug-likeness (QED) is 0.806. The molecular weight excluding hydrogens is 244 g/mol. The average Bonchev–Trinajstić information content (AvgIpc) is 2.93. The minimum atomic E-state index is -0.391. The Bertz CT molecular complexity index is 292. The lowest BCUT2D eigenvalue weighted by Gasteiger charge is -2.28. The molecule has 2 aliphatic rings. The first kappa shape index (κ1) is 14.8. The second kappa shape index (κ2) is 7.22. The summed E-state index contributed by atoms with van der Waals surface area (Å²) in [4.78, 5) is 14.2. The van der Waals surface area contributed by atoms with Crippen molar-refractivity contribution in [2.45, 2.75) is 57.3 Å². The van der Waals surface area contributed by atoms with Crippen molar-refractivity contribution in [3.05, 3.63) is 0 Å². The molecule has 2 fully saturated rings. The molecule has 0 bridgehead atoms. The maximum atomic E-state index is 12.3. The molecule has 5 heteroatoms. The largest absolute Gasteiger partial charge is 0.376 e. The van der Waals surface area contributed by atoms with Crippen LogP contribution in [-0.2, 0) is 14.3 Å². The van der Waals surface area contributed by atoms with Crippen molar-refractivity contribution < 1.29 is 14.3 Å². The highest BCUT2D eigenvalue weighted by Gasteiger charge is 2.31. The van der Waals surface area contributed by atoms with Crippen LogP contribution in [0.1, 0.15) is 39.0 Å². The summed E-state index contributed by atoms with van der Waals surface area (Å²) in [5.74, 6) is 0.0729. The van der Waals surface area contributed by atoms with E-state index >= 15 is 0 Å². The summed E-state index contributed by atoms with van der Waals surface area (Å²) in [7, 11) is 0. The Hall–Kier alpha value is -0.650. The molecule has 2 aliphatic heterocycles. The third kappa shape index (κ3) is 3.91. The normalized spacial score (nSPS) is 29.5. The lowest BCUT2D eigenvalue weighted by atomic mass is 10.1. The van der Waals surface area contributed by atoms with Crippen molar-refractivity contribution in [1.29, 1.82) is 0 Å². The van der Waals surface area contributed by atoms with Gasteiger partial charge in [-0.25, -0.2) is 0 Å². The number of hydrogen-bond donors (Lipinski definition) is 1. The smallest absolute Gasteiger partial charge is 0.251 e. The first-order valence-electron chi connectivity index (χ1n) is 7.46. The zero-order chi connectivity index (χ0) is 13.7. The number of ether oxygens (including phenoxy) is 2. The van der Waals surface area contributed by atoms with Gasteiger partial charge in [0.15, 0.2) is 0 Å². The first-order valence-corrected chi connectivity index (χ1v) is 7.46. The molecular formula is C14H26N2O3. The van der Waals surface area contributed by atoms with E-state index in [4.69, 9.17) is 15.2 Å². The van der Waals surface area contributed by atoms with E-state index in [0.717, 1.165) is 38.8 Å². The molecule has 5 nitrogen and oxygen atoms in total. The molecule has 110 valence electrons. The molecule has 0 aliphatic carbocycles. The van der Waals surface area contributed by atoms with Crippen LogP contribution in [0.2, 0.25) is 0 Å². The van der Waals surface area contributed by atoms with E-state index in [-0.39, 0.29) is 18.1 Å². The lowest BCUT2D eigenvalue weighted by molar-refractivity contribution is -0.146. The summed E-state index contributed by atoms with van der Waals surface area (Å²) in [6, 6.07) is 0.199. The second-order valence-corrected chi connectivity index (χ2v) is 5.53. The number of nitrogens with zero attached hydrogens (tertiary/aromatic N) is 1. The zero-order valence-electron chi connectivity index (χ0n) is 11.8. The SMILES string of the molecule is CC(OCC1CCCCO1)C(=O)N1CCCC1CN. The highest BCUT2D eigenvalue weighted by molar-refractivity contribution is 5.81. The van der Waals surface area contributed by atoms with Crippen LogP contribution in [0.3, 0.4) is 0 Å². The Balaban J connectivity index is 1.75. The maximum Gasteiger partial charge on any atom is 0.251 e. The van der Waals surface area contributed by atoms with Gasteiger partial charge in [0.2, 0.25) is 0 Å². The van der Waals surface area contributed by atoms with Crippen molar-refractivity contribution in [2.24, 2.45) is 5.73 Å². The number of likely N-dealkylation sites (tertiary alicyclic amines) is 1. The summed E-state index contributed by atoms with van der Waals surface area (Å²) in [6.45, 7) is 4.53. The topological polar surface area (TPSA) is 64.8 Å². The van der Waals surface area contributed by atoms with Crippen LogP contribution in [0.25, 0.3) is 0 Å². The zero-order valence-corrected chi connectivity index (χ0v) is 11.8. The molecule has 2 heterocycles. The molecule has 19 heavy (non-hydrogen) atoms. The van der Waals surface area contributed by atoms with Gasteiger partial charge in [0.05, 0.1) is 12.7 Å². The minimum absolute atomic E-state index is 0.0729. The number of carbonyl (C=O) groups is 1. The average molecular weight is 270 g/mol. The fraction of sp³-hybridized carbons (Fsp3) is 0.929. The van der Waals surface area contributed by atoms with Crippen LogP contribution in [0, 0.1) is 0 Å². The first-order chi connectivity index (χ1) is 9.22. The summed E-state index contributed by atoms with van der Waals surface area (Å²) >= 11 is 0. The van der Waals surface area contributed by atoms with Crippen LogP contribution in [0.15, 0.2) is 0 Å². The van der Waals surface area contributed by atoms with E-state index in [1.807, 2.05) is 11.8 Å². The van der Waals surface area contributed by atoms with Crippen LogP contribution in [0.4, 0.5) is 0 Å². The van der Waals surface area contributed by atoms with Gasteiger partial charge in [-0.05, 0) is 39.0 Å². The van der Waals surface area contributed by atoms with E-state index in [0.29, 0.717) is 13.2 Å². The highest BCUT2D eigenvalue weighted by Crippen LogP contribution is 2.19. The van der Waals surface area contributed by atoms with Crippen LogP contribution in [-0.4, -0.2) is 55.4 Å². The summed E-state index contributed by atoms with van der Waals surface area (Å²) in [5.41, 5.74) is 5.70. The summed E-state index contributed by atoms with van der Waals surface area (Å²) < 4.78 is 11.3. The van der Waals surface area contributed by atoms with Gasteiger partial charge in [-0.3, -0.25) is 4.79 Å². The predicted molar refractivity (Wildman–Crippen MR) is 72.8 cm³/mol. The third-order valence-electron chi connectivity index (χ3n) is 4.09. The summed E-state index contributed by atoms with van der Waals surface area (Å²) in [5, 5.41) is 0. The molecule has 0 radical (unpaired) electrons. The highest BCUT2D eigenvalue weighted by atomic mass is 16.5. The monoisotopic (exact) mass is 270 g/mol. The van der Waals surface area contributed by atoms with Gasteiger partial charge < -0.3 is 20.1 Å². The molecule has 0 aromatic heterocycles. The molecule has 2 saturated heterocycles. The summed E-state index contributed by atoms with van der Waals surface area (Å²) in [6.07, 6.45) is 5.20. The fourth-order valence-electron chi connectivity index (χ4n) is 2.87. The van der Waals surface area contributed by atoms with Gasteiger partial charge in [0.1, 0.15) is 6.10 Å². The van der Waals surface area contributed by atoms with Gasteiger partial charge in [-0.1, -0.05) is 0 Å². The molecule has 3 atom stereocenters. The molecule has 0 saturated carbocycles. The van der Waals surface area contributed by atoms with Crippen LogP contribution < -0.4 is 5.73 Å². The Morgan fingerprint density at radius 2 is 2.26 bits per heavy atom. The minimum Gasteiger partial charge on any atom is -0.376 e. The molecule has 2 rings (SSSR count). The van der Waals surface area contributed by atoms with Gasteiger partial charge in [0.25, 0.3) is 5.91 Å². The fourth-order valence-corrected chi connectivity index (χ4v) is 2.87. The van der Waals surface area contributed by atoms with Crippen molar-refractivity contribution in [2.75, 3.05) is 26.3 Å². The number of amides is 1. The number of hydrogen-bond acceptors (Lipinski definition) is 4. The van der Waals surface area contributed by atoms with E-state index in [1.54, 1.807) is 0 Å². The van der Waals surface area contributed by atoms with Crippen molar-refractivity contribution in [3.8, 4) is 0 Å². The molecule has 1 amide bonds. The van der Waals surface area contributed by atoms with Gasteiger partial charge in [-0.2, -0.15) is 0 Å². The van der Waals surface area contributed by atoms with Crippen molar-refractivity contribution in [3.63, 3.8) is 0 Å². The standard InChI is InChI=1S/C14H26N2O3/c1-11(19-10-13-6-2-3-8-18-13)14(17)16-7-4-5-12(16)9-15/h11-13H,2-10,15H2,1H3. The van der Waals surface area contributed by atoms with E-state index < -0.39 is 6.10 Å². The Kier molecular flexibility index (Phi) is 5.60. The van der Waals surface area contributed by atoms with E-state index in [9.17, 15) is 4.79 Å². The van der Waals surface area contributed by atoms with Crippen LogP contribution in [0.5, 0.6) is 0 Å². The lowest BCUT2D eigenvalue weighted by Crippen LogP contribution is -2.45. The van der Waals surface area contributed by atoms with Gasteiger partial charge in [0, 0.05) is 25.7 Å². The number of carbonyl (C=O) groups excluding carboxylic acids is 1. The van der Waals surface area contributed by atoms with Crippen molar-refractivity contribution in [1.82, 2.24) is 4.90 Å². The molecule has 0 spiro atoms. The third-order valence-corrected chi connectivity index (χ3v) is 4.09. The Labute approximate surface area is 115 Å².